The quantitative estimate of drug-likeness (QED) is 0.830. The van der Waals surface area contributed by atoms with Gasteiger partial charge in [0.15, 0.2) is 5.78 Å². The Hall–Kier alpha value is -1.53. The molecule has 1 aromatic carbocycles. The van der Waals surface area contributed by atoms with Crippen LogP contribution in [0.15, 0.2) is 24.3 Å². The van der Waals surface area contributed by atoms with Gasteiger partial charge in [0.1, 0.15) is 5.75 Å². The minimum Gasteiger partial charge on any atom is -0.435 e. The minimum atomic E-state index is -2.86. The molecule has 6 heteroatoms. The van der Waals surface area contributed by atoms with Crippen molar-refractivity contribution >= 4 is 5.78 Å². The number of benzene rings is 1. The first-order valence-corrected chi connectivity index (χ1v) is 6.04. The monoisotopic (exact) mass is 271 g/mol. The van der Waals surface area contributed by atoms with Gasteiger partial charge < -0.3 is 14.8 Å². The van der Waals surface area contributed by atoms with E-state index in [-0.39, 0.29) is 17.6 Å². The van der Waals surface area contributed by atoms with E-state index in [1.807, 2.05) is 0 Å². The minimum absolute atomic E-state index is 0.0123. The van der Waals surface area contributed by atoms with Crippen molar-refractivity contribution in [1.29, 1.82) is 0 Å². The summed E-state index contributed by atoms with van der Waals surface area (Å²) in [5, 5.41) is 3.19. The lowest BCUT2D eigenvalue weighted by molar-refractivity contribution is -0.0498. The molecule has 1 aromatic rings. The number of morpholine rings is 1. The maximum Gasteiger partial charge on any atom is 0.387 e. The smallest absolute Gasteiger partial charge is 0.387 e. The number of carbonyl (C=O) groups is 1. The van der Waals surface area contributed by atoms with Crippen LogP contribution in [0.2, 0.25) is 0 Å². The first-order valence-electron chi connectivity index (χ1n) is 6.04. The van der Waals surface area contributed by atoms with E-state index in [1.54, 1.807) is 0 Å². The van der Waals surface area contributed by atoms with Crippen molar-refractivity contribution in [2.24, 2.45) is 0 Å². The Bertz CT molecular complexity index is 416. The molecule has 1 fully saturated rings. The van der Waals surface area contributed by atoms with Crippen molar-refractivity contribution in [3.63, 3.8) is 0 Å². The molecule has 0 aromatic heterocycles. The van der Waals surface area contributed by atoms with Crippen molar-refractivity contribution in [3.05, 3.63) is 29.8 Å². The molecule has 1 atom stereocenters. The van der Waals surface area contributed by atoms with Crippen LogP contribution in [-0.2, 0) is 4.74 Å². The highest BCUT2D eigenvalue weighted by Gasteiger charge is 2.18. The Morgan fingerprint density at radius 1 is 1.42 bits per heavy atom. The van der Waals surface area contributed by atoms with Gasteiger partial charge in [0.25, 0.3) is 0 Å². The van der Waals surface area contributed by atoms with Crippen LogP contribution in [0, 0.1) is 0 Å². The Morgan fingerprint density at radius 3 is 2.74 bits per heavy atom. The van der Waals surface area contributed by atoms with E-state index in [9.17, 15) is 13.6 Å². The van der Waals surface area contributed by atoms with Crippen LogP contribution < -0.4 is 10.1 Å². The van der Waals surface area contributed by atoms with E-state index in [2.05, 4.69) is 10.1 Å². The zero-order valence-corrected chi connectivity index (χ0v) is 10.3. The first-order chi connectivity index (χ1) is 9.15. The fourth-order valence-corrected chi connectivity index (χ4v) is 1.91. The van der Waals surface area contributed by atoms with Crippen LogP contribution in [0.1, 0.15) is 16.8 Å². The van der Waals surface area contributed by atoms with Gasteiger partial charge in [0, 0.05) is 24.6 Å². The summed E-state index contributed by atoms with van der Waals surface area (Å²) in [6.07, 6.45) is 0.328. The standard InChI is InChI=1S/C13H15F2NO3/c14-13(15)19-11-3-1-9(2-4-11)12(17)7-10-8-18-6-5-16-10/h1-4,10,13,16H,5-8H2. The normalized spacial score (nSPS) is 19.4. The van der Waals surface area contributed by atoms with Crippen molar-refractivity contribution in [1.82, 2.24) is 5.32 Å². The van der Waals surface area contributed by atoms with Gasteiger partial charge in [0.05, 0.1) is 13.2 Å². The number of carbonyl (C=O) groups excluding carboxylic acids is 1. The third-order valence-electron chi connectivity index (χ3n) is 2.83. The summed E-state index contributed by atoms with van der Waals surface area (Å²) in [6, 6.07) is 5.72. The molecule has 0 spiro atoms. The maximum absolute atomic E-state index is 12.0. The summed E-state index contributed by atoms with van der Waals surface area (Å²) in [6.45, 7) is -0.952. The van der Waals surface area contributed by atoms with Gasteiger partial charge in [-0.15, -0.1) is 0 Å². The molecule has 1 unspecified atom stereocenters. The van der Waals surface area contributed by atoms with Gasteiger partial charge in [-0.3, -0.25) is 4.79 Å². The van der Waals surface area contributed by atoms with Crippen LogP contribution in [0.4, 0.5) is 8.78 Å². The predicted molar refractivity (Wildman–Crippen MR) is 64.6 cm³/mol. The zero-order chi connectivity index (χ0) is 13.7. The van der Waals surface area contributed by atoms with Gasteiger partial charge in [-0.05, 0) is 24.3 Å². The van der Waals surface area contributed by atoms with Gasteiger partial charge in [0.2, 0.25) is 0 Å². The number of ketones is 1. The Labute approximate surface area is 109 Å². The molecule has 0 radical (unpaired) electrons. The molecule has 2 rings (SSSR count). The highest BCUT2D eigenvalue weighted by Crippen LogP contribution is 2.16. The topological polar surface area (TPSA) is 47.6 Å². The number of alkyl halides is 2. The fourth-order valence-electron chi connectivity index (χ4n) is 1.91. The maximum atomic E-state index is 12.0. The third-order valence-corrected chi connectivity index (χ3v) is 2.83. The summed E-state index contributed by atoms with van der Waals surface area (Å²) in [7, 11) is 0. The second kappa shape index (κ2) is 6.58. The summed E-state index contributed by atoms with van der Waals surface area (Å²) in [4.78, 5) is 12.0. The molecule has 0 aliphatic carbocycles. The van der Waals surface area contributed by atoms with Crippen molar-refractivity contribution in [2.45, 2.75) is 19.1 Å². The second-order valence-corrected chi connectivity index (χ2v) is 4.26. The van der Waals surface area contributed by atoms with E-state index < -0.39 is 6.61 Å². The van der Waals surface area contributed by atoms with E-state index in [0.29, 0.717) is 25.2 Å². The molecule has 0 bridgehead atoms. The van der Waals surface area contributed by atoms with E-state index >= 15 is 0 Å². The molecule has 1 aliphatic rings. The van der Waals surface area contributed by atoms with Crippen LogP contribution in [0.5, 0.6) is 5.75 Å². The zero-order valence-electron chi connectivity index (χ0n) is 10.3. The van der Waals surface area contributed by atoms with Crippen LogP contribution in [0.25, 0.3) is 0 Å². The summed E-state index contributed by atoms with van der Waals surface area (Å²) >= 11 is 0. The van der Waals surface area contributed by atoms with Crippen molar-refractivity contribution in [2.75, 3.05) is 19.8 Å². The lowest BCUT2D eigenvalue weighted by atomic mass is 10.0. The highest BCUT2D eigenvalue weighted by atomic mass is 19.3. The molecule has 104 valence electrons. The number of nitrogens with one attached hydrogen (secondary N) is 1. The van der Waals surface area contributed by atoms with Crippen molar-refractivity contribution in [3.8, 4) is 5.75 Å². The fraction of sp³-hybridized carbons (Fsp3) is 0.462. The molecule has 1 heterocycles. The summed E-state index contributed by atoms with van der Waals surface area (Å²) in [5.74, 6) is -0.00253. The lowest BCUT2D eigenvalue weighted by Gasteiger charge is -2.23. The third kappa shape index (κ3) is 4.25. The highest BCUT2D eigenvalue weighted by molar-refractivity contribution is 5.96. The molecule has 4 nitrogen and oxygen atoms in total. The van der Waals surface area contributed by atoms with Gasteiger partial charge >= 0.3 is 6.61 Å². The molecular formula is C13H15F2NO3. The number of hydrogen-bond donors (Lipinski definition) is 1. The summed E-state index contributed by atoms with van der Waals surface area (Å²) in [5.41, 5.74) is 0.481. The second-order valence-electron chi connectivity index (χ2n) is 4.26. The summed E-state index contributed by atoms with van der Waals surface area (Å²) < 4.78 is 33.4. The van der Waals surface area contributed by atoms with E-state index in [0.717, 1.165) is 6.54 Å². The molecule has 0 saturated carbocycles. The molecular weight excluding hydrogens is 256 g/mol. The van der Waals surface area contributed by atoms with Gasteiger partial charge in [-0.1, -0.05) is 0 Å². The molecule has 0 amide bonds. The molecule has 1 N–H and O–H groups in total. The largest absolute Gasteiger partial charge is 0.435 e. The van der Waals surface area contributed by atoms with Gasteiger partial charge in [-0.2, -0.15) is 8.78 Å². The Balaban J connectivity index is 1.91. The van der Waals surface area contributed by atoms with Crippen LogP contribution >= 0.6 is 0 Å². The number of Topliss-reactive ketones (excluding diaryl/α,β-unsaturated/α-hetero) is 1. The van der Waals surface area contributed by atoms with E-state index in [1.165, 1.54) is 24.3 Å². The van der Waals surface area contributed by atoms with Crippen LogP contribution in [-0.4, -0.2) is 38.2 Å². The Morgan fingerprint density at radius 2 is 2.16 bits per heavy atom. The first kappa shape index (κ1) is 13.9. The SMILES string of the molecule is O=C(CC1COCCN1)c1ccc(OC(F)F)cc1. The molecule has 1 saturated heterocycles. The number of halogens is 2. The predicted octanol–water partition coefficient (Wildman–Crippen LogP) is 1.85. The van der Waals surface area contributed by atoms with Gasteiger partial charge in [-0.25, -0.2) is 0 Å². The number of ether oxygens (including phenoxy) is 2. The average Bonchev–Trinajstić information content (AvgIpc) is 2.40. The number of hydrogen-bond acceptors (Lipinski definition) is 4. The Kier molecular flexibility index (Phi) is 4.81. The molecule has 1 aliphatic heterocycles. The average molecular weight is 271 g/mol. The van der Waals surface area contributed by atoms with E-state index in [4.69, 9.17) is 4.74 Å². The number of rotatable bonds is 5. The van der Waals surface area contributed by atoms with Crippen LogP contribution in [0.3, 0.4) is 0 Å². The van der Waals surface area contributed by atoms with Crippen molar-refractivity contribution < 1.29 is 23.0 Å². The lowest BCUT2D eigenvalue weighted by Crippen LogP contribution is -2.42. The molecule has 19 heavy (non-hydrogen) atoms.